The molecule has 0 aliphatic carbocycles. The van der Waals surface area contributed by atoms with Crippen LogP contribution in [0.2, 0.25) is 0 Å². The summed E-state index contributed by atoms with van der Waals surface area (Å²) in [6.45, 7) is 3.69. The smallest absolute Gasteiger partial charge is 0.220 e. The third-order valence-corrected chi connectivity index (χ3v) is 16.7. The number of hydrogen-bond donors (Lipinski definition) is 6. The number of hydrogen-bond acceptors (Lipinski definition) is 8. The predicted octanol–water partition coefficient (Wildman–Crippen LogP) is 19.7. The summed E-state index contributed by atoms with van der Waals surface area (Å²) < 4.78 is 11.3. The maximum Gasteiger partial charge on any atom is 0.220 e. The van der Waals surface area contributed by atoms with Crippen LogP contribution in [0.1, 0.15) is 328 Å². The Morgan fingerprint density at radius 2 is 0.750 bits per heavy atom. The number of carbonyl (C=O) groups excluding carboxylic acids is 1. The van der Waals surface area contributed by atoms with Crippen molar-refractivity contribution in [2.24, 2.45) is 0 Å². The Bertz CT molecular complexity index is 1600. The molecule has 0 saturated carbocycles. The molecule has 488 valence electrons. The Labute approximate surface area is 518 Å². The average Bonchev–Trinajstić information content (AvgIpc) is 3.70. The summed E-state index contributed by atoms with van der Waals surface area (Å²) in [6, 6.07) is -0.826. The van der Waals surface area contributed by atoms with Crippen molar-refractivity contribution in [3.63, 3.8) is 0 Å². The number of carbonyl (C=O) groups is 1. The van der Waals surface area contributed by atoms with Crippen LogP contribution in [0.3, 0.4) is 0 Å². The Balaban J connectivity index is 2.13. The van der Waals surface area contributed by atoms with Gasteiger partial charge in [0.15, 0.2) is 6.29 Å². The van der Waals surface area contributed by atoms with Crippen molar-refractivity contribution in [1.29, 1.82) is 0 Å². The number of rotatable bonds is 62. The molecule has 0 aromatic rings. The lowest BCUT2D eigenvalue weighted by Gasteiger charge is -2.40. The molecule has 1 rings (SSSR count). The van der Waals surface area contributed by atoms with E-state index in [0.717, 1.165) is 70.6 Å². The standard InChI is InChI=1S/C75H135NO8/c1-3-5-7-9-11-13-15-17-19-21-23-25-27-29-31-32-33-34-35-36-37-38-39-41-43-45-47-49-51-53-55-57-59-61-63-65-71(79)76-68(67-83-75-74(82)73(81)72(80)70(66-77)84-75)69(78)64-62-60-58-56-54-52-50-48-46-44-42-40-30-28-26-24-22-20-18-16-14-12-10-8-6-4-2/h5,7,11,13,17,19,23,25,29,31,54,56,62,64,68-70,72-75,77-78,80-82H,3-4,6,8-10,12,14-16,18,20-22,24,26-28,30,32-53,55,57-61,63,65-67H2,1-2H3,(H,76,79)/b7-5-,13-11-,19-17-,25-23-,31-29-,56-54+,64-62+. The molecule has 7 atom stereocenters. The lowest BCUT2D eigenvalue weighted by molar-refractivity contribution is -0.302. The molecule has 0 bridgehead atoms. The molecule has 7 unspecified atom stereocenters. The van der Waals surface area contributed by atoms with Crippen LogP contribution in [0.25, 0.3) is 0 Å². The van der Waals surface area contributed by atoms with E-state index in [1.165, 1.54) is 238 Å². The Kier molecular flexibility index (Phi) is 59.9. The van der Waals surface area contributed by atoms with E-state index in [1.54, 1.807) is 6.08 Å². The van der Waals surface area contributed by atoms with E-state index in [4.69, 9.17) is 9.47 Å². The Morgan fingerprint density at radius 3 is 1.14 bits per heavy atom. The zero-order valence-electron chi connectivity index (χ0n) is 54.6. The molecule has 1 aliphatic heterocycles. The number of unbranched alkanes of at least 4 members (excludes halogenated alkanes) is 40. The number of aliphatic hydroxyl groups is 5. The second-order valence-corrected chi connectivity index (χ2v) is 24.6. The van der Waals surface area contributed by atoms with E-state index in [-0.39, 0.29) is 12.5 Å². The van der Waals surface area contributed by atoms with Crippen LogP contribution in [-0.4, -0.2) is 87.5 Å². The normalized spacial score (nSPS) is 18.7. The lowest BCUT2D eigenvalue weighted by Crippen LogP contribution is -2.60. The van der Waals surface area contributed by atoms with Gasteiger partial charge in [0.1, 0.15) is 24.4 Å². The van der Waals surface area contributed by atoms with Gasteiger partial charge in [0.05, 0.1) is 25.4 Å². The van der Waals surface area contributed by atoms with Gasteiger partial charge in [-0.2, -0.15) is 0 Å². The molecule has 0 spiro atoms. The monoisotopic (exact) mass is 1180 g/mol. The first-order chi connectivity index (χ1) is 41.3. The van der Waals surface area contributed by atoms with Crippen LogP contribution in [-0.2, 0) is 14.3 Å². The van der Waals surface area contributed by atoms with Gasteiger partial charge < -0.3 is 40.3 Å². The summed E-state index contributed by atoms with van der Waals surface area (Å²) in [7, 11) is 0. The van der Waals surface area contributed by atoms with Crippen molar-refractivity contribution in [3.8, 4) is 0 Å². The van der Waals surface area contributed by atoms with Crippen molar-refractivity contribution in [2.75, 3.05) is 13.2 Å². The molecule has 1 fully saturated rings. The maximum absolute atomic E-state index is 13.1. The van der Waals surface area contributed by atoms with E-state index in [0.29, 0.717) is 6.42 Å². The van der Waals surface area contributed by atoms with Crippen LogP contribution >= 0.6 is 0 Å². The minimum atomic E-state index is -1.58. The van der Waals surface area contributed by atoms with Gasteiger partial charge in [-0.1, -0.05) is 330 Å². The van der Waals surface area contributed by atoms with Crippen molar-refractivity contribution in [2.45, 2.75) is 371 Å². The summed E-state index contributed by atoms with van der Waals surface area (Å²) in [5, 5.41) is 54.8. The molecule has 0 aromatic heterocycles. The highest BCUT2D eigenvalue weighted by molar-refractivity contribution is 5.76. The second kappa shape index (κ2) is 63.4. The quantitative estimate of drug-likeness (QED) is 0.0261. The second-order valence-electron chi connectivity index (χ2n) is 24.6. The summed E-state index contributed by atoms with van der Waals surface area (Å²) in [4.78, 5) is 13.1. The largest absolute Gasteiger partial charge is 0.394 e. The summed E-state index contributed by atoms with van der Waals surface area (Å²) >= 11 is 0. The number of nitrogens with one attached hydrogen (secondary N) is 1. The molecule has 6 N–H and O–H groups in total. The fourth-order valence-electron chi connectivity index (χ4n) is 11.1. The highest BCUT2D eigenvalue weighted by atomic mass is 16.7. The van der Waals surface area contributed by atoms with Gasteiger partial charge >= 0.3 is 0 Å². The van der Waals surface area contributed by atoms with Crippen LogP contribution in [0.15, 0.2) is 85.1 Å². The number of ether oxygens (including phenoxy) is 2. The zero-order chi connectivity index (χ0) is 60.7. The van der Waals surface area contributed by atoms with Gasteiger partial charge in [-0.05, 0) is 77.0 Å². The van der Waals surface area contributed by atoms with Crippen molar-refractivity contribution in [3.05, 3.63) is 85.1 Å². The fourth-order valence-corrected chi connectivity index (χ4v) is 11.1. The third kappa shape index (κ3) is 51.4. The van der Waals surface area contributed by atoms with Crippen LogP contribution in [0.5, 0.6) is 0 Å². The van der Waals surface area contributed by atoms with Gasteiger partial charge in [-0.25, -0.2) is 0 Å². The Morgan fingerprint density at radius 1 is 0.417 bits per heavy atom. The maximum atomic E-state index is 13.1. The first kappa shape index (κ1) is 79.4. The van der Waals surface area contributed by atoms with Gasteiger partial charge in [-0.3, -0.25) is 4.79 Å². The van der Waals surface area contributed by atoms with Crippen molar-refractivity contribution >= 4 is 5.91 Å². The van der Waals surface area contributed by atoms with Crippen LogP contribution in [0, 0.1) is 0 Å². The van der Waals surface area contributed by atoms with Gasteiger partial charge in [0, 0.05) is 6.42 Å². The van der Waals surface area contributed by atoms with Crippen molar-refractivity contribution in [1.82, 2.24) is 5.32 Å². The molecule has 9 heteroatoms. The minimum Gasteiger partial charge on any atom is -0.394 e. The molecule has 0 aromatic carbocycles. The van der Waals surface area contributed by atoms with Crippen molar-refractivity contribution < 1.29 is 39.8 Å². The molecule has 1 saturated heterocycles. The number of aliphatic hydroxyl groups excluding tert-OH is 5. The number of amides is 1. The third-order valence-electron chi connectivity index (χ3n) is 16.7. The molecular weight excluding hydrogens is 1040 g/mol. The van der Waals surface area contributed by atoms with E-state index >= 15 is 0 Å². The number of allylic oxidation sites excluding steroid dienone is 13. The first-order valence-electron chi connectivity index (χ1n) is 35.8. The van der Waals surface area contributed by atoms with E-state index in [9.17, 15) is 30.3 Å². The molecular formula is C75H135NO8. The van der Waals surface area contributed by atoms with E-state index < -0.39 is 49.5 Å². The minimum absolute atomic E-state index is 0.183. The van der Waals surface area contributed by atoms with Gasteiger partial charge in [-0.15, -0.1) is 0 Å². The van der Waals surface area contributed by atoms with Crippen LogP contribution in [0.4, 0.5) is 0 Å². The summed E-state index contributed by atoms with van der Waals surface area (Å²) in [5.41, 5.74) is 0. The molecule has 1 amide bonds. The molecule has 9 nitrogen and oxygen atoms in total. The molecule has 1 heterocycles. The van der Waals surface area contributed by atoms with E-state index in [1.807, 2.05) is 6.08 Å². The predicted molar refractivity (Wildman–Crippen MR) is 359 cm³/mol. The summed E-state index contributed by atoms with van der Waals surface area (Å²) in [5.74, 6) is -0.183. The highest BCUT2D eigenvalue weighted by Crippen LogP contribution is 2.23. The highest BCUT2D eigenvalue weighted by Gasteiger charge is 2.44. The molecule has 1 aliphatic rings. The average molecular weight is 1180 g/mol. The fraction of sp³-hybridized carbons (Fsp3) is 0.800. The lowest BCUT2D eigenvalue weighted by atomic mass is 9.99. The van der Waals surface area contributed by atoms with Gasteiger partial charge in [0.2, 0.25) is 5.91 Å². The summed E-state index contributed by atoms with van der Waals surface area (Å²) in [6.07, 6.45) is 84.1. The van der Waals surface area contributed by atoms with Gasteiger partial charge in [0.25, 0.3) is 0 Å². The van der Waals surface area contributed by atoms with Crippen LogP contribution < -0.4 is 5.32 Å². The molecule has 0 radical (unpaired) electrons. The topological polar surface area (TPSA) is 149 Å². The molecule has 84 heavy (non-hydrogen) atoms. The SMILES string of the molecule is CC/C=C\C/C=C\C/C=C\C/C=C\C/C=C\CCCCCCCCCCCCCCCCCCCCCC(=O)NC(COC1OC(CO)C(O)C(O)C1O)C(O)/C=C/CC/C=C/CCCCCCCCCCCCCCCCCCCCCC. The Hall–Kier alpha value is -2.63. The first-order valence-corrected chi connectivity index (χ1v) is 35.8. The van der Waals surface area contributed by atoms with E-state index in [2.05, 4.69) is 92.1 Å². The zero-order valence-corrected chi connectivity index (χ0v) is 54.6.